The molecule has 1 aromatic rings. The van der Waals surface area contributed by atoms with Crippen LogP contribution in [0.5, 0.6) is 5.75 Å². The minimum absolute atomic E-state index is 0.725. The van der Waals surface area contributed by atoms with Crippen molar-refractivity contribution in [3.05, 3.63) is 29.8 Å². The molecule has 0 aliphatic heterocycles. The van der Waals surface area contributed by atoms with Crippen LogP contribution in [0.2, 0.25) is 0 Å². The Morgan fingerprint density at radius 2 is 2.11 bits per heavy atom. The molecule has 2 rings (SSSR count). The zero-order valence-corrected chi connectivity index (χ0v) is 12.3. The number of nitrogens with one attached hydrogen (secondary N) is 1. The third-order valence-electron chi connectivity index (χ3n) is 4.18. The van der Waals surface area contributed by atoms with E-state index in [1.54, 1.807) is 7.11 Å². The molecule has 0 heterocycles. The van der Waals surface area contributed by atoms with Crippen molar-refractivity contribution in [2.24, 2.45) is 5.92 Å². The lowest BCUT2D eigenvalue weighted by atomic mass is 9.91. The topological polar surface area (TPSA) is 21.3 Å². The molecule has 0 aromatic heterocycles. The van der Waals surface area contributed by atoms with E-state index in [2.05, 4.69) is 30.4 Å². The molecule has 106 valence electrons. The molecule has 0 saturated heterocycles. The molecule has 2 nitrogen and oxygen atoms in total. The fraction of sp³-hybridized carbons (Fsp3) is 0.647. The first-order valence-corrected chi connectivity index (χ1v) is 7.68. The molecule has 1 aliphatic carbocycles. The van der Waals surface area contributed by atoms with E-state index in [1.165, 1.54) is 44.1 Å². The van der Waals surface area contributed by atoms with Crippen LogP contribution in [0.25, 0.3) is 0 Å². The number of benzene rings is 1. The number of hydrogen-bond acceptors (Lipinski definition) is 2. The standard InChI is InChI=1S/C17H27NO/c1-3-18-16-9-5-4-7-14(12-16)11-15-8-6-10-17(13-15)19-2/h6,8,10,13-14,16,18H,3-5,7,9,11-12H2,1-2H3. The molecule has 1 aliphatic rings. The number of rotatable bonds is 5. The first kappa shape index (κ1) is 14.4. The van der Waals surface area contributed by atoms with Crippen LogP contribution in [0.3, 0.4) is 0 Å². The van der Waals surface area contributed by atoms with Gasteiger partial charge in [-0.05, 0) is 49.4 Å². The zero-order chi connectivity index (χ0) is 13.5. The van der Waals surface area contributed by atoms with Gasteiger partial charge in [0.1, 0.15) is 5.75 Å². The molecule has 2 unspecified atom stereocenters. The van der Waals surface area contributed by atoms with Gasteiger partial charge in [0.2, 0.25) is 0 Å². The first-order valence-electron chi connectivity index (χ1n) is 7.68. The van der Waals surface area contributed by atoms with Crippen molar-refractivity contribution in [2.75, 3.05) is 13.7 Å². The number of ether oxygens (including phenoxy) is 1. The summed E-state index contributed by atoms with van der Waals surface area (Å²) in [5.74, 6) is 1.80. The van der Waals surface area contributed by atoms with Crippen molar-refractivity contribution in [2.45, 2.75) is 51.5 Å². The van der Waals surface area contributed by atoms with Gasteiger partial charge in [0, 0.05) is 6.04 Å². The van der Waals surface area contributed by atoms with Gasteiger partial charge >= 0.3 is 0 Å². The Balaban J connectivity index is 1.95. The van der Waals surface area contributed by atoms with E-state index in [0.717, 1.165) is 24.3 Å². The molecular formula is C17H27NO. The number of methoxy groups -OCH3 is 1. The van der Waals surface area contributed by atoms with Gasteiger partial charge in [-0.1, -0.05) is 38.3 Å². The van der Waals surface area contributed by atoms with E-state index in [4.69, 9.17) is 4.74 Å². The molecule has 1 saturated carbocycles. The monoisotopic (exact) mass is 261 g/mol. The summed E-state index contributed by atoms with van der Waals surface area (Å²) in [6.45, 7) is 3.30. The third-order valence-corrected chi connectivity index (χ3v) is 4.18. The minimum atomic E-state index is 0.725. The Bertz CT molecular complexity index is 377. The summed E-state index contributed by atoms with van der Waals surface area (Å²) in [6, 6.07) is 9.27. The molecule has 1 aromatic carbocycles. The van der Waals surface area contributed by atoms with Gasteiger partial charge in [-0.2, -0.15) is 0 Å². The maximum Gasteiger partial charge on any atom is 0.119 e. The second-order valence-corrected chi connectivity index (χ2v) is 5.70. The summed E-state index contributed by atoms with van der Waals surface area (Å²) in [5, 5.41) is 3.64. The van der Waals surface area contributed by atoms with E-state index in [1.807, 2.05) is 6.07 Å². The zero-order valence-electron chi connectivity index (χ0n) is 12.3. The molecule has 2 atom stereocenters. The Morgan fingerprint density at radius 1 is 1.26 bits per heavy atom. The van der Waals surface area contributed by atoms with Gasteiger partial charge in [0.05, 0.1) is 7.11 Å². The van der Waals surface area contributed by atoms with Crippen LogP contribution in [0.1, 0.15) is 44.6 Å². The van der Waals surface area contributed by atoms with Gasteiger partial charge in [-0.25, -0.2) is 0 Å². The third kappa shape index (κ3) is 4.54. The fourth-order valence-corrected chi connectivity index (χ4v) is 3.25. The Hall–Kier alpha value is -1.02. The highest BCUT2D eigenvalue weighted by molar-refractivity contribution is 5.28. The van der Waals surface area contributed by atoms with Gasteiger partial charge in [0.25, 0.3) is 0 Å². The summed E-state index contributed by atoms with van der Waals surface area (Å²) in [7, 11) is 1.74. The highest BCUT2D eigenvalue weighted by Gasteiger charge is 2.19. The van der Waals surface area contributed by atoms with Crippen molar-refractivity contribution < 1.29 is 4.74 Å². The average molecular weight is 261 g/mol. The Labute approximate surface area is 117 Å². The van der Waals surface area contributed by atoms with Crippen molar-refractivity contribution in [1.29, 1.82) is 0 Å². The summed E-state index contributed by atoms with van der Waals surface area (Å²) in [5.41, 5.74) is 1.42. The lowest BCUT2D eigenvalue weighted by molar-refractivity contribution is 0.387. The summed E-state index contributed by atoms with van der Waals surface area (Å²) in [6.07, 6.45) is 8.01. The highest BCUT2D eigenvalue weighted by Crippen LogP contribution is 2.27. The normalized spacial score (nSPS) is 23.9. The second kappa shape index (κ2) is 7.54. The van der Waals surface area contributed by atoms with Crippen molar-refractivity contribution in [1.82, 2.24) is 5.32 Å². The van der Waals surface area contributed by atoms with Crippen LogP contribution in [0, 0.1) is 5.92 Å². The quantitative estimate of drug-likeness (QED) is 0.814. The molecule has 19 heavy (non-hydrogen) atoms. The van der Waals surface area contributed by atoms with Crippen LogP contribution >= 0.6 is 0 Å². The lowest BCUT2D eigenvalue weighted by Crippen LogP contribution is -2.30. The lowest BCUT2D eigenvalue weighted by Gasteiger charge is -2.21. The summed E-state index contributed by atoms with van der Waals surface area (Å²) < 4.78 is 5.32. The largest absolute Gasteiger partial charge is 0.497 e. The van der Waals surface area contributed by atoms with Gasteiger partial charge in [0.15, 0.2) is 0 Å². The Kier molecular flexibility index (Phi) is 5.71. The van der Waals surface area contributed by atoms with Gasteiger partial charge in [-0.3, -0.25) is 0 Å². The summed E-state index contributed by atoms with van der Waals surface area (Å²) in [4.78, 5) is 0. The van der Waals surface area contributed by atoms with Gasteiger partial charge < -0.3 is 10.1 Å². The molecule has 2 heteroatoms. The molecule has 0 spiro atoms. The number of hydrogen-bond donors (Lipinski definition) is 1. The molecule has 0 bridgehead atoms. The Morgan fingerprint density at radius 3 is 2.89 bits per heavy atom. The van der Waals surface area contributed by atoms with E-state index in [0.29, 0.717) is 0 Å². The highest BCUT2D eigenvalue weighted by atomic mass is 16.5. The fourth-order valence-electron chi connectivity index (χ4n) is 3.25. The predicted octanol–water partition coefficient (Wildman–Crippen LogP) is 3.80. The molecule has 0 radical (unpaired) electrons. The SMILES string of the molecule is CCNC1CCCCC(Cc2cccc(OC)c2)C1. The molecule has 1 fully saturated rings. The molecular weight excluding hydrogens is 234 g/mol. The minimum Gasteiger partial charge on any atom is -0.497 e. The van der Waals surface area contributed by atoms with Gasteiger partial charge in [-0.15, -0.1) is 0 Å². The maximum atomic E-state index is 5.32. The van der Waals surface area contributed by atoms with Crippen molar-refractivity contribution in [3.63, 3.8) is 0 Å². The smallest absolute Gasteiger partial charge is 0.119 e. The summed E-state index contributed by atoms with van der Waals surface area (Å²) >= 11 is 0. The van der Waals surface area contributed by atoms with Crippen molar-refractivity contribution >= 4 is 0 Å². The van der Waals surface area contributed by atoms with E-state index >= 15 is 0 Å². The van der Waals surface area contributed by atoms with Crippen molar-refractivity contribution in [3.8, 4) is 5.75 Å². The van der Waals surface area contributed by atoms with Crippen LogP contribution in [-0.2, 0) is 6.42 Å². The second-order valence-electron chi connectivity index (χ2n) is 5.70. The predicted molar refractivity (Wildman–Crippen MR) is 80.7 cm³/mol. The average Bonchev–Trinajstić information content (AvgIpc) is 2.65. The maximum absolute atomic E-state index is 5.32. The van der Waals surface area contributed by atoms with E-state index < -0.39 is 0 Å². The molecule has 0 amide bonds. The van der Waals surface area contributed by atoms with Crippen LogP contribution in [0.15, 0.2) is 24.3 Å². The van der Waals surface area contributed by atoms with Crippen LogP contribution < -0.4 is 10.1 Å². The first-order chi connectivity index (χ1) is 9.31. The molecule has 1 N–H and O–H groups in total. The van der Waals surface area contributed by atoms with Crippen LogP contribution in [-0.4, -0.2) is 19.7 Å². The van der Waals surface area contributed by atoms with Crippen LogP contribution in [0.4, 0.5) is 0 Å². The van der Waals surface area contributed by atoms with E-state index in [-0.39, 0.29) is 0 Å². The van der Waals surface area contributed by atoms with E-state index in [9.17, 15) is 0 Å².